The summed E-state index contributed by atoms with van der Waals surface area (Å²) in [4.78, 5) is 14.6. The standard InChI is InChI=1S/C11H9FN2O2/c1-7-13-4-5-14(7)10-3-2-8(11(15)16)6-9(10)12/h2-6H,1H3,(H,15,16). The second-order valence-electron chi connectivity index (χ2n) is 3.32. The fourth-order valence-electron chi connectivity index (χ4n) is 1.47. The van der Waals surface area contributed by atoms with Crippen molar-refractivity contribution in [2.45, 2.75) is 6.92 Å². The van der Waals surface area contributed by atoms with Gasteiger partial charge in [0, 0.05) is 12.4 Å². The smallest absolute Gasteiger partial charge is 0.335 e. The first-order chi connectivity index (χ1) is 7.59. The topological polar surface area (TPSA) is 55.1 Å². The minimum atomic E-state index is -1.15. The molecule has 0 bridgehead atoms. The Balaban J connectivity index is 2.52. The maximum Gasteiger partial charge on any atom is 0.335 e. The maximum atomic E-state index is 13.6. The Morgan fingerprint density at radius 1 is 1.50 bits per heavy atom. The van der Waals surface area contributed by atoms with E-state index in [-0.39, 0.29) is 5.56 Å². The molecule has 0 atom stereocenters. The molecule has 2 aromatic rings. The number of aryl methyl sites for hydroxylation is 1. The van der Waals surface area contributed by atoms with Gasteiger partial charge in [0.15, 0.2) is 0 Å². The van der Waals surface area contributed by atoms with E-state index in [1.807, 2.05) is 0 Å². The van der Waals surface area contributed by atoms with Gasteiger partial charge in [0.25, 0.3) is 0 Å². The number of aromatic carboxylic acids is 1. The van der Waals surface area contributed by atoms with E-state index in [0.717, 1.165) is 6.07 Å². The van der Waals surface area contributed by atoms with E-state index in [1.54, 1.807) is 23.9 Å². The Kier molecular flexibility index (Phi) is 2.44. The summed E-state index contributed by atoms with van der Waals surface area (Å²) in [5.41, 5.74) is 0.221. The number of carboxylic acid groups (broad SMARTS) is 1. The molecule has 1 aromatic heterocycles. The van der Waals surface area contributed by atoms with Crippen molar-refractivity contribution in [2.75, 3.05) is 0 Å². The van der Waals surface area contributed by atoms with Crippen LogP contribution in [0.15, 0.2) is 30.6 Å². The summed E-state index contributed by atoms with van der Waals surface area (Å²) in [6.45, 7) is 1.74. The Bertz CT molecular complexity index is 549. The van der Waals surface area contributed by atoms with Crippen LogP contribution >= 0.6 is 0 Å². The third kappa shape index (κ3) is 1.67. The summed E-state index contributed by atoms with van der Waals surface area (Å²) < 4.78 is 15.2. The minimum absolute atomic E-state index is 0.0704. The van der Waals surface area contributed by atoms with E-state index in [2.05, 4.69) is 4.98 Å². The number of nitrogens with zero attached hydrogens (tertiary/aromatic N) is 2. The highest BCUT2D eigenvalue weighted by Gasteiger charge is 2.10. The molecule has 82 valence electrons. The Morgan fingerprint density at radius 2 is 2.25 bits per heavy atom. The zero-order valence-electron chi connectivity index (χ0n) is 8.51. The van der Waals surface area contributed by atoms with Crippen molar-refractivity contribution in [3.8, 4) is 5.69 Å². The number of imidazole rings is 1. The molecular formula is C11H9FN2O2. The fourth-order valence-corrected chi connectivity index (χ4v) is 1.47. The average Bonchev–Trinajstić information content (AvgIpc) is 2.64. The van der Waals surface area contributed by atoms with Crippen LogP contribution in [-0.2, 0) is 0 Å². The van der Waals surface area contributed by atoms with Gasteiger partial charge in [0.1, 0.15) is 11.6 Å². The van der Waals surface area contributed by atoms with E-state index < -0.39 is 11.8 Å². The first-order valence-corrected chi connectivity index (χ1v) is 4.63. The molecule has 0 unspecified atom stereocenters. The molecular weight excluding hydrogens is 211 g/mol. The lowest BCUT2D eigenvalue weighted by atomic mass is 10.2. The van der Waals surface area contributed by atoms with E-state index >= 15 is 0 Å². The molecule has 1 aromatic carbocycles. The van der Waals surface area contributed by atoms with Crippen LogP contribution in [0, 0.1) is 12.7 Å². The van der Waals surface area contributed by atoms with Crippen LogP contribution in [0.1, 0.15) is 16.2 Å². The predicted octanol–water partition coefficient (Wildman–Crippen LogP) is 2.02. The summed E-state index contributed by atoms with van der Waals surface area (Å²) in [7, 11) is 0. The van der Waals surface area contributed by atoms with Crippen molar-refractivity contribution in [3.63, 3.8) is 0 Å². The zero-order chi connectivity index (χ0) is 11.7. The number of rotatable bonds is 2. The van der Waals surface area contributed by atoms with Crippen LogP contribution in [0.5, 0.6) is 0 Å². The highest BCUT2D eigenvalue weighted by atomic mass is 19.1. The first kappa shape index (κ1) is 10.4. The van der Waals surface area contributed by atoms with Gasteiger partial charge in [-0.3, -0.25) is 0 Å². The van der Waals surface area contributed by atoms with Gasteiger partial charge in [-0.1, -0.05) is 0 Å². The molecule has 0 spiro atoms. The van der Waals surface area contributed by atoms with Crippen LogP contribution in [0.25, 0.3) is 5.69 Å². The molecule has 1 heterocycles. The normalized spacial score (nSPS) is 10.4. The number of halogens is 1. The average molecular weight is 220 g/mol. The summed E-state index contributed by atoms with van der Waals surface area (Å²) in [5, 5.41) is 8.70. The van der Waals surface area contributed by atoms with Gasteiger partial charge < -0.3 is 9.67 Å². The second-order valence-corrected chi connectivity index (χ2v) is 3.32. The van der Waals surface area contributed by atoms with Crippen LogP contribution in [0.4, 0.5) is 4.39 Å². The largest absolute Gasteiger partial charge is 0.478 e. The van der Waals surface area contributed by atoms with Crippen molar-refractivity contribution in [1.29, 1.82) is 0 Å². The summed E-state index contributed by atoms with van der Waals surface area (Å²) in [6, 6.07) is 3.78. The highest BCUT2D eigenvalue weighted by molar-refractivity contribution is 5.87. The zero-order valence-corrected chi connectivity index (χ0v) is 8.51. The lowest BCUT2D eigenvalue weighted by Crippen LogP contribution is -2.02. The maximum absolute atomic E-state index is 13.6. The second kappa shape index (κ2) is 3.77. The lowest BCUT2D eigenvalue weighted by molar-refractivity contribution is 0.0696. The Morgan fingerprint density at radius 3 is 2.75 bits per heavy atom. The Hall–Kier alpha value is -2.17. The minimum Gasteiger partial charge on any atom is -0.478 e. The number of carboxylic acids is 1. The predicted molar refractivity (Wildman–Crippen MR) is 55.2 cm³/mol. The summed E-state index contributed by atoms with van der Waals surface area (Å²) >= 11 is 0. The monoisotopic (exact) mass is 220 g/mol. The molecule has 4 nitrogen and oxygen atoms in total. The number of hydrogen-bond acceptors (Lipinski definition) is 2. The first-order valence-electron chi connectivity index (χ1n) is 4.63. The quantitative estimate of drug-likeness (QED) is 0.842. The number of hydrogen-bond donors (Lipinski definition) is 1. The van der Waals surface area contributed by atoms with Gasteiger partial charge in [-0.2, -0.15) is 0 Å². The van der Waals surface area contributed by atoms with Gasteiger partial charge in [0.05, 0.1) is 11.3 Å². The van der Waals surface area contributed by atoms with Crippen molar-refractivity contribution in [3.05, 3.63) is 47.8 Å². The molecule has 2 rings (SSSR count). The number of carbonyl (C=O) groups is 1. The molecule has 16 heavy (non-hydrogen) atoms. The highest BCUT2D eigenvalue weighted by Crippen LogP contribution is 2.16. The number of aromatic nitrogens is 2. The summed E-state index contributed by atoms with van der Waals surface area (Å²) in [5.74, 6) is -1.09. The van der Waals surface area contributed by atoms with Crippen LogP contribution in [0.3, 0.4) is 0 Å². The van der Waals surface area contributed by atoms with Gasteiger partial charge in [0.2, 0.25) is 0 Å². The van der Waals surface area contributed by atoms with Gasteiger partial charge >= 0.3 is 5.97 Å². The molecule has 0 radical (unpaired) electrons. The Labute approximate surface area is 91.0 Å². The lowest BCUT2D eigenvalue weighted by Gasteiger charge is -2.06. The van der Waals surface area contributed by atoms with Crippen molar-refractivity contribution < 1.29 is 14.3 Å². The van der Waals surface area contributed by atoms with Crippen LogP contribution in [0.2, 0.25) is 0 Å². The van der Waals surface area contributed by atoms with E-state index in [0.29, 0.717) is 11.5 Å². The molecule has 0 saturated heterocycles. The van der Waals surface area contributed by atoms with E-state index in [1.165, 1.54) is 12.1 Å². The number of benzene rings is 1. The molecule has 0 aliphatic rings. The van der Waals surface area contributed by atoms with Gasteiger partial charge in [-0.25, -0.2) is 14.2 Å². The van der Waals surface area contributed by atoms with E-state index in [9.17, 15) is 9.18 Å². The van der Waals surface area contributed by atoms with Gasteiger partial charge in [-0.05, 0) is 25.1 Å². The van der Waals surface area contributed by atoms with E-state index in [4.69, 9.17) is 5.11 Å². The van der Waals surface area contributed by atoms with Crippen molar-refractivity contribution >= 4 is 5.97 Å². The third-order valence-corrected chi connectivity index (χ3v) is 2.28. The third-order valence-electron chi connectivity index (χ3n) is 2.28. The molecule has 0 fully saturated rings. The van der Waals surface area contributed by atoms with Gasteiger partial charge in [-0.15, -0.1) is 0 Å². The van der Waals surface area contributed by atoms with Crippen LogP contribution in [-0.4, -0.2) is 20.6 Å². The van der Waals surface area contributed by atoms with Crippen LogP contribution < -0.4 is 0 Å². The molecule has 0 amide bonds. The fraction of sp³-hybridized carbons (Fsp3) is 0.0909. The molecule has 5 heteroatoms. The van der Waals surface area contributed by atoms with Crippen molar-refractivity contribution in [1.82, 2.24) is 9.55 Å². The van der Waals surface area contributed by atoms with Crippen molar-refractivity contribution in [2.24, 2.45) is 0 Å². The SMILES string of the molecule is Cc1nccn1-c1ccc(C(=O)O)cc1F. The molecule has 0 saturated carbocycles. The molecule has 1 N–H and O–H groups in total. The molecule has 0 aliphatic carbocycles. The summed E-state index contributed by atoms with van der Waals surface area (Å²) in [6.07, 6.45) is 3.17. The molecule has 0 aliphatic heterocycles.